The number of nitrogens with zero attached hydrogens (tertiary/aromatic N) is 4. The Morgan fingerprint density at radius 3 is 2.72 bits per heavy atom. The topological polar surface area (TPSA) is 46.0 Å². The molecule has 18 heavy (non-hydrogen) atoms. The minimum Gasteiger partial charge on any atom is -0.314 e. The van der Waals surface area contributed by atoms with Gasteiger partial charge in [0.05, 0.1) is 6.54 Å². The summed E-state index contributed by atoms with van der Waals surface area (Å²) < 4.78 is 2.33. The first-order valence-electron chi connectivity index (χ1n) is 7.25. The lowest BCUT2D eigenvalue weighted by molar-refractivity contribution is 0.219. The van der Waals surface area contributed by atoms with Gasteiger partial charge < -0.3 is 9.88 Å². The van der Waals surface area contributed by atoms with E-state index in [-0.39, 0.29) is 0 Å². The molecule has 1 aromatic heterocycles. The van der Waals surface area contributed by atoms with Crippen LogP contribution in [0.1, 0.15) is 44.0 Å². The van der Waals surface area contributed by atoms with Crippen molar-refractivity contribution < 1.29 is 0 Å². The van der Waals surface area contributed by atoms with Crippen molar-refractivity contribution in [1.82, 2.24) is 25.0 Å². The predicted molar refractivity (Wildman–Crippen MR) is 70.3 cm³/mol. The van der Waals surface area contributed by atoms with E-state index in [1.54, 1.807) is 0 Å². The zero-order chi connectivity index (χ0) is 12.2. The molecule has 2 aliphatic rings. The molecule has 0 bridgehead atoms. The lowest BCUT2D eigenvalue weighted by Gasteiger charge is -2.29. The molecule has 3 rings (SSSR count). The highest BCUT2D eigenvalue weighted by Gasteiger charge is 2.20. The molecule has 1 aliphatic carbocycles. The molecule has 0 amide bonds. The molecule has 1 saturated heterocycles. The van der Waals surface area contributed by atoms with Crippen LogP contribution < -0.4 is 5.32 Å². The van der Waals surface area contributed by atoms with Gasteiger partial charge in [0.2, 0.25) is 0 Å². The fourth-order valence-corrected chi connectivity index (χ4v) is 3.11. The van der Waals surface area contributed by atoms with Crippen molar-refractivity contribution in [2.75, 3.05) is 26.2 Å². The summed E-state index contributed by atoms with van der Waals surface area (Å²) in [5.74, 6) is 1.16. The quantitative estimate of drug-likeness (QED) is 0.874. The molecule has 5 heteroatoms. The second-order valence-corrected chi connectivity index (χ2v) is 5.47. The van der Waals surface area contributed by atoms with Crippen molar-refractivity contribution in [2.24, 2.45) is 0 Å². The number of hydrogen-bond donors (Lipinski definition) is 1. The molecule has 1 aromatic rings. The maximum atomic E-state index is 4.34. The van der Waals surface area contributed by atoms with Gasteiger partial charge in [0.25, 0.3) is 0 Å². The summed E-state index contributed by atoms with van der Waals surface area (Å²) >= 11 is 0. The van der Waals surface area contributed by atoms with E-state index in [4.69, 9.17) is 0 Å². The number of aromatic nitrogens is 3. The van der Waals surface area contributed by atoms with Gasteiger partial charge >= 0.3 is 0 Å². The third kappa shape index (κ3) is 2.72. The number of nitrogens with one attached hydrogen (secondary N) is 1. The molecule has 0 radical (unpaired) electrons. The minimum atomic E-state index is 0.645. The van der Waals surface area contributed by atoms with Crippen LogP contribution in [0.2, 0.25) is 0 Å². The Bertz CT molecular complexity index is 363. The van der Waals surface area contributed by atoms with Crippen molar-refractivity contribution in [3.05, 3.63) is 12.2 Å². The summed E-state index contributed by atoms with van der Waals surface area (Å²) in [7, 11) is 0. The van der Waals surface area contributed by atoms with Crippen LogP contribution in [0, 0.1) is 0 Å². The van der Waals surface area contributed by atoms with Crippen LogP contribution in [0.3, 0.4) is 0 Å². The molecular formula is C13H23N5. The molecule has 1 saturated carbocycles. The maximum absolute atomic E-state index is 4.34. The predicted octanol–water partition coefficient (Wildman–Crippen LogP) is 1.19. The summed E-state index contributed by atoms with van der Waals surface area (Å²) in [6.07, 6.45) is 8.64. The van der Waals surface area contributed by atoms with Gasteiger partial charge in [-0.25, -0.2) is 0 Å². The molecule has 2 heterocycles. The molecule has 100 valence electrons. The van der Waals surface area contributed by atoms with Crippen LogP contribution >= 0.6 is 0 Å². The van der Waals surface area contributed by atoms with E-state index in [0.29, 0.717) is 6.04 Å². The summed E-state index contributed by atoms with van der Waals surface area (Å²) in [6, 6.07) is 0.645. The van der Waals surface area contributed by atoms with E-state index in [1.807, 2.05) is 6.33 Å². The van der Waals surface area contributed by atoms with Gasteiger partial charge in [0.15, 0.2) is 0 Å². The zero-order valence-electron chi connectivity index (χ0n) is 11.0. The van der Waals surface area contributed by atoms with Crippen LogP contribution in [0.4, 0.5) is 0 Å². The van der Waals surface area contributed by atoms with Gasteiger partial charge in [-0.3, -0.25) is 4.90 Å². The average molecular weight is 249 g/mol. The van der Waals surface area contributed by atoms with Crippen LogP contribution in [0.25, 0.3) is 0 Å². The fourth-order valence-electron chi connectivity index (χ4n) is 3.11. The Hall–Kier alpha value is -0.940. The van der Waals surface area contributed by atoms with Gasteiger partial charge in [-0.1, -0.05) is 19.3 Å². The number of hydrogen-bond acceptors (Lipinski definition) is 4. The largest absolute Gasteiger partial charge is 0.314 e. The monoisotopic (exact) mass is 249 g/mol. The average Bonchev–Trinajstić information content (AvgIpc) is 2.89. The van der Waals surface area contributed by atoms with Crippen molar-refractivity contribution >= 4 is 0 Å². The zero-order valence-corrected chi connectivity index (χ0v) is 11.0. The lowest BCUT2D eigenvalue weighted by Crippen LogP contribution is -2.43. The van der Waals surface area contributed by atoms with Crippen molar-refractivity contribution in [1.29, 1.82) is 0 Å². The van der Waals surface area contributed by atoms with Crippen LogP contribution in [0.15, 0.2) is 6.33 Å². The van der Waals surface area contributed by atoms with Gasteiger partial charge in [-0.2, -0.15) is 0 Å². The molecular weight excluding hydrogens is 226 g/mol. The third-order valence-corrected chi connectivity index (χ3v) is 4.19. The molecule has 0 aromatic carbocycles. The number of piperazine rings is 1. The third-order valence-electron chi connectivity index (χ3n) is 4.19. The highest BCUT2D eigenvalue weighted by molar-refractivity contribution is 4.91. The maximum Gasteiger partial charge on any atom is 0.147 e. The second kappa shape index (κ2) is 5.80. The van der Waals surface area contributed by atoms with Crippen LogP contribution in [-0.2, 0) is 6.54 Å². The van der Waals surface area contributed by atoms with E-state index in [0.717, 1.165) is 38.5 Å². The Kier molecular flexibility index (Phi) is 3.90. The van der Waals surface area contributed by atoms with Gasteiger partial charge in [0.1, 0.15) is 12.2 Å². The van der Waals surface area contributed by atoms with E-state index in [9.17, 15) is 0 Å². The summed E-state index contributed by atoms with van der Waals surface area (Å²) in [5.41, 5.74) is 0. The SMILES string of the molecule is c1nnc(CN2CCNCC2)n1C1CCCCC1. The summed E-state index contributed by atoms with van der Waals surface area (Å²) in [5, 5.41) is 11.9. The molecule has 1 aliphatic heterocycles. The Morgan fingerprint density at radius 1 is 1.17 bits per heavy atom. The van der Waals surface area contributed by atoms with Gasteiger partial charge in [0, 0.05) is 32.2 Å². The van der Waals surface area contributed by atoms with Crippen molar-refractivity contribution in [3.63, 3.8) is 0 Å². The normalized spacial score (nSPS) is 23.3. The number of rotatable bonds is 3. The first-order chi connectivity index (χ1) is 8.93. The Balaban J connectivity index is 1.66. The van der Waals surface area contributed by atoms with E-state index >= 15 is 0 Å². The molecule has 0 unspecified atom stereocenters. The Morgan fingerprint density at radius 2 is 1.94 bits per heavy atom. The van der Waals surface area contributed by atoms with Gasteiger partial charge in [-0.15, -0.1) is 10.2 Å². The molecule has 0 spiro atoms. The van der Waals surface area contributed by atoms with Crippen molar-refractivity contribution in [2.45, 2.75) is 44.7 Å². The molecule has 5 nitrogen and oxygen atoms in total. The van der Waals surface area contributed by atoms with Crippen molar-refractivity contribution in [3.8, 4) is 0 Å². The summed E-state index contributed by atoms with van der Waals surface area (Å²) in [6.45, 7) is 5.39. The van der Waals surface area contributed by atoms with E-state index < -0.39 is 0 Å². The van der Waals surface area contributed by atoms with Crippen LogP contribution in [-0.4, -0.2) is 45.8 Å². The standard InChI is InChI=1S/C13H23N5/c1-2-4-12(5-3-1)18-11-15-16-13(18)10-17-8-6-14-7-9-17/h11-12,14H,1-10H2. The molecule has 2 fully saturated rings. The fraction of sp³-hybridized carbons (Fsp3) is 0.846. The van der Waals surface area contributed by atoms with E-state index in [1.165, 1.54) is 32.1 Å². The Labute approximate surface area is 109 Å². The smallest absolute Gasteiger partial charge is 0.147 e. The first kappa shape index (κ1) is 12.1. The second-order valence-electron chi connectivity index (χ2n) is 5.47. The lowest BCUT2D eigenvalue weighted by atomic mass is 9.95. The minimum absolute atomic E-state index is 0.645. The summed E-state index contributed by atoms with van der Waals surface area (Å²) in [4.78, 5) is 2.47. The first-order valence-corrected chi connectivity index (χ1v) is 7.25. The highest BCUT2D eigenvalue weighted by atomic mass is 15.3. The van der Waals surface area contributed by atoms with E-state index in [2.05, 4.69) is 25.0 Å². The molecule has 1 N–H and O–H groups in total. The van der Waals surface area contributed by atoms with Gasteiger partial charge in [-0.05, 0) is 12.8 Å². The van der Waals surface area contributed by atoms with Crippen LogP contribution in [0.5, 0.6) is 0 Å². The highest BCUT2D eigenvalue weighted by Crippen LogP contribution is 2.28. The molecule has 0 atom stereocenters.